The first-order chi connectivity index (χ1) is 7.36. The van der Waals surface area contributed by atoms with Crippen molar-refractivity contribution in [3.05, 3.63) is 34.9 Å². The summed E-state index contributed by atoms with van der Waals surface area (Å²) in [6.45, 7) is 3.94. The van der Waals surface area contributed by atoms with Gasteiger partial charge in [-0.1, -0.05) is 25.1 Å². The maximum Gasteiger partial charge on any atom is 0.0715 e. The molecule has 0 fully saturated rings. The smallest absolute Gasteiger partial charge is 0.0715 e. The lowest BCUT2D eigenvalue weighted by Gasteiger charge is -2.13. The van der Waals surface area contributed by atoms with E-state index >= 15 is 0 Å². The van der Waals surface area contributed by atoms with Gasteiger partial charge < -0.3 is 10.1 Å². The van der Waals surface area contributed by atoms with Gasteiger partial charge in [-0.05, 0) is 36.1 Å². The Morgan fingerprint density at radius 1 is 1.47 bits per heavy atom. The van der Waals surface area contributed by atoms with Crippen molar-refractivity contribution in [2.24, 2.45) is 0 Å². The first-order valence-electron chi connectivity index (χ1n) is 5.69. The van der Waals surface area contributed by atoms with Gasteiger partial charge in [-0.3, -0.25) is 0 Å². The molecule has 0 aliphatic heterocycles. The minimum absolute atomic E-state index is 0.557. The first kappa shape index (κ1) is 10.7. The molecule has 2 heteroatoms. The van der Waals surface area contributed by atoms with E-state index in [-0.39, 0.29) is 0 Å². The van der Waals surface area contributed by atoms with Crippen LogP contribution in [0.1, 0.15) is 36.1 Å². The molecule has 2 rings (SSSR count). The molecule has 15 heavy (non-hydrogen) atoms. The summed E-state index contributed by atoms with van der Waals surface area (Å²) in [5.74, 6) is 0. The normalized spacial score (nSPS) is 19.2. The van der Waals surface area contributed by atoms with Crippen molar-refractivity contribution in [2.45, 2.75) is 32.4 Å². The molecule has 1 aliphatic carbocycles. The molecule has 1 atom stereocenters. The molecule has 1 aromatic rings. The largest absolute Gasteiger partial charge is 0.380 e. The van der Waals surface area contributed by atoms with Crippen LogP contribution in [0.5, 0.6) is 0 Å². The van der Waals surface area contributed by atoms with Crippen molar-refractivity contribution >= 4 is 0 Å². The summed E-state index contributed by atoms with van der Waals surface area (Å²) in [5.41, 5.74) is 4.34. The van der Waals surface area contributed by atoms with Crippen molar-refractivity contribution in [3.63, 3.8) is 0 Å². The molecular formula is C13H19NO. The maximum absolute atomic E-state index is 5.23. The molecule has 82 valence electrons. The van der Waals surface area contributed by atoms with Gasteiger partial charge in [-0.15, -0.1) is 0 Å². The third-order valence-corrected chi connectivity index (χ3v) is 3.12. The molecular weight excluding hydrogens is 186 g/mol. The first-order valence-corrected chi connectivity index (χ1v) is 5.69. The highest BCUT2D eigenvalue weighted by Crippen LogP contribution is 2.33. The number of benzene rings is 1. The fraction of sp³-hybridized carbons (Fsp3) is 0.538. The van der Waals surface area contributed by atoms with Crippen LogP contribution in [0.4, 0.5) is 0 Å². The number of hydrogen-bond donors (Lipinski definition) is 1. The molecule has 0 aromatic heterocycles. The van der Waals surface area contributed by atoms with Gasteiger partial charge in [0.05, 0.1) is 6.61 Å². The highest BCUT2D eigenvalue weighted by molar-refractivity contribution is 5.40. The average molecular weight is 205 g/mol. The van der Waals surface area contributed by atoms with E-state index in [0.717, 1.165) is 13.2 Å². The summed E-state index contributed by atoms with van der Waals surface area (Å²) < 4.78 is 5.23. The van der Waals surface area contributed by atoms with Crippen molar-refractivity contribution in [1.82, 2.24) is 5.32 Å². The van der Waals surface area contributed by atoms with Crippen LogP contribution in [0, 0.1) is 0 Å². The fourth-order valence-electron chi connectivity index (χ4n) is 2.48. The van der Waals surface area contributed by atoms with Crippen molar-refractivity contribution in [3.8, 4) is 0 Å². The third kappa shape index (κ3) is 2.06. The van der Waals surface area contributed by atoms with Crippen LogP contribution in [-0.2, 0) is 17.8 Å². The molecule has 0 radical (unpaired) electrons. The van der Waals surface area contributed by atoms with E-state index in [4.69, 9.17) is 4.74 Å². The van der Waals surface area contributed by atoms with Crippen LogP contribution in [0.2, 0.25) is 0 Å². The number of methoxy groups -OCH3 is 1. The second-order valence-electron chi connectivity index (χ2n) is 4.07. The molecule has 0 saturated carbocycles. The van der Waals surface area contributed by atoms with Crippen LogP contribution < -0.4 is 5.32 Å². The maximum atomic E-state index is 5.23. The van der Waals surface area contributed by atoms with Crippen LogP contribution in [-0.4, -0.2) is 13.7 Å². The Bertz CT molecular complexity index is 335. The Balaban J connectivity index is 2.26. The van der Waals surface area contributed by atoms with E-state index in [1.807, 2.05) is 0 Å². The molecule has 0 amide bonds. The van der Waals surface area contributed by atoms with E-state index in [1.54, 1.807) is 7.11 Å². The number of fused-ring (bicyclic) bond motifs is 1. The minimum Gasteiger partial charge on any atom is -0.380 e. The predicted molar refractivity (Wildman–Crippen MR) is 61.9 cm³/mol. The molecule has 0 heterocycles. The van der Waals surface area contributed by atoms with Crippen molar-refractivity contribution in [1.29, 1.82) is 0 Å². The van der Waals surface area contributed by atoms with E-state index in [0.29, 0.717) is 6.04 Å². The second-order valence-corrected chi connectivity index (χ2v) is 4.07. The fourth-order valence-corrected chi connectivity index (χ4v) is 2.48. The molecule has 1 unspecified atom stereocenters. The van der Waals surface area contributed by atoms with Gasteiger partial charge in [0.25, 0.3) is 0 Å². The lowest BCUT2D eigenvalue weighted by molar-refractivity contribution is 0.184. The Morgan fingerprint density at radius 2 is 2.33 bits per heavy atom. The Hall–Kier alpha value is -0.860. The minimum atomic E-state index is 0.557. The zero-order valence-corrected chi connectivity index (χ0v) is 9.55. The van der Waals surface area contributed by atoms with E-state index < -0.39 is 0 Å². The van der Waals surface area contributed by atoms with E-state index in [2.05, 4.69) is 30.4 Å². The number of nitrogens with one attached hydrogen (secondary N) is 1. The highest BCUT2D eigenvalue weighted by atomic mass is 16.5. The molecule has 2 nitrogen and oxygen atoms in total. The van der Waals surface area contributed by atoms with Gasteiger partial charge in [-0.2, -0.15) is 0 Å². The summed E-state index contributed by atoms with van der Waals surface area (Å²) in [6, 6.07) is 7.12. The third-order valence-electron chi connectivity index (χ3n) is 3.12. The van der Waals surface area contributed by atoms with Gasteiger partial charge in [0, 0.05) is 13.2 Å². The van der Waals surface area contributed by atoms with Gasteiger partial charge in [0.15, 0.2) is 0 Å². The van der Waals surface area contributed by atoms with Gasteiger partial charge in [-0.25, -0.2) is 0 Å². The van der Waals surface area contributed by atoms with Gasteiger partial charge in [0.2, 0.25) is 0 Å². The number of ether oxygens (including phenoxy) is 1. The van der Waals surface area contributed by atoms with Crippen molar-refractivity contribution < 1.29 is 4.74 Å². The summed E-state index contributed by atoms with van der Waals surface area (Å²) in [5, 5.41) is 3.53. The van der Waals surface area contributed by atoms with Gasteiger partial charge >= 0.3 is 0 Å². The predicted octanol–water partition coefficient (Wildman–Crippen LogP) is 2.43. The van der Waals surface area contributed by atoms with Crippen LogP contribution in [0.25, 0.3) is 0 Å². The molecule has 0 spiro atoms. The SMILES string of the molecule is CCNC1CCc2c(COC)cccc21. The Labute approximate surface area is 91.6 Å². The van der Waals surface area contributed by atoms with Crippen LogP contribution >= 0.6 is 0 Å². The van der Waals surface area contributed by atoms with Crippen LogP contribution in [0.3, 0.4) is 0 Å². The molecule has 0 bridgehead atoms. The molecule has 0 saturated heterocycles. The zero-order chi connectivity index (χ0) is 10.7. The average Bonchev–Trinajstić information content (AvgIpc) is 2.64. The van der Waals surface area contributed by atoms with Crippen LogP contribution in [0.15, 0.2) is 18.2 Å². The number of rotatable bonds is 4. The summed E-state index contributed by atoms with van der Waals surface area (Å²) in [4.78, 5) is 0. The highest BCUT2D eigenvalue weighted by Gasteiger charge is 2.23. The topological polar surface area (TPSA) is 21.3 Å². The summed E-state index contributed by atoms with van der Waals surface area (Å²) in [7, 11) is 1.76. The summed E-state index contributed by atoms with van der Waals surface area (Å²) in [6.07, 6.45) is 2.41. The molecule has 1 aromatic carbocycles. The monoisotopic (exact) mass is 205 g/mol. The Kier molecular flexibility index (Phi) is 3.39. The van der Waals surface area contributed by atoms with E-state index in [1.165, 1.54) is 29.5 Å². The lowest BCUT2D eigenvalue weighted by atomic mass is 10.0. The van der Waals surface area contributed by atoms with Gasteiger partial charge in [0.1, 0.15) is 0 Å². The number of hydrogen-bond acceptors (Lipinski definition) is 2. The summed E-state index contributed by atoms with van der Waals surface area (Å²) >= 11 is 0. The Morgan fingerprint density at radius 3 is 3.07 bits per heavy atom. The molecule has 1 N–H and O–H groups in total. The lowest BCUT2D eigenvalue weighted by Crippen LogP contribution is -2.18. The second kappa shape index (κ2) is 4.77. The van der Waals surface area contributed by atoms with E-state index in [9.17, 15) is 0 Å². The zero-order valence-electron chi connectivity index (χ0n) is 9.55. The molecule has 1 aliphatic rings. The van der Waals surface area contributed by atoms with Crippen molar-refractivity contribution in [2.75, 3.05) is 13.7 Å². The standard InChI is InChI=1S/C13H19NO/c1-3-14-13-8-7-11-10(9-15-2)5-4-6-12(11)13/h4-6,13-14H,3,7-9H2,1-2H3. The quantitative estimate of drug-likeness (QED) is 0.815.